The van der Waals surface area contributed by atoms with Crippen molar-refractivity contribution in [3.05, 3.63) is 41.8 Å². The van der Waals surface area contributed by atoms with Gasteiger partial charge in [0, 0.05) is 13.1 Å². The Balaban J connectivity index is 1.22. The Morgan fingerprint density at radius 2 is 1.83 bits per heavy atom. The van der Waals surface area contributed by atoms with Gasteiger partial charge in [0.1, 0.15) is 12.0 Å². The van der Waals surface area contributed by atoms with Crippen molar-refractivity contribution in [1.82, 2.24) is 15.1 Å². The fourth-order valence-corrected chi connectivity index (χ4v) is 4.53. The minimum absolute atomic E-state index is 0.00559. The summed E-state index contributed by atoms with van der Waals surface area (Å²) in [5.74, 6) is -5.13. The van der Waals surface area contributed by atoms with Gasteiger partial charge < -0.3 is 14.6 Å². The highest BCUT2D eigenvalue weighted by Gasteiger charge is 2.72. The number of piperidine rings is 1. The highest BCUT2D eigenvalue weighted by atomic mass is 19.3. The summed E-state index contributed by atoms with van der Waals surface area (Å²) in [4.78, 5) is 14.5. The van der Waals surface area contributed by atoms with Gasteiger partial charge in [-0.2, -0.15) is 0 Å². The van der Waals surface area contributed by atoms with Crippen molar-refractivity contribution < 1.29 is 18.0 Å². The second kappa shape index (κ2) is 6.50. The summed E-state index contributed by atoms with van der Waals surface area (Å²) in [5.41, 5.74) is 1.05. The van der Waals surface area contributed by atoms with E-state index in [-0.39, 0.29) is 17.8 Å². The molecule has 3 fully saturated rings. The van der Waals surface area contributed by atoms with E-state index in [0.29, 0.717) is 11.0 Å². The zero-order valence-corrected chi connectivity index (χ0v) is 16.3. The molecule has 1 aliphatic heterocycles. The number of nitrogens with zero attached hydrogens (tertiary/aromatic N) is 3. The Bertz CT molecular complexity index is 902. The summed E-state index contributed by atoms with van der Waals surface area (Å²) in [6, 6.07) is 8.07. The topological polar surface area (TPSA) is 71.3 Å². The summed E-state index contributed by atoms with van der Waals surface area (Å²) in [5, 5.41) is 10.5. The van der Waals surface area contributed by atoms with Crippen LogP contribution in [0.1, 0.15) is 55.9 Å². The molecule has 1 amide bonds. The lowest BCUT2D eigenvalue weighted by molar-refractivity contribution is -0.133. The minimum Gasteiger partial charge on any atom is -0.408 e. The third-order valence-corrected chi connectivity index (χ3v) is 6.72. The molecule has 8 heteroatoms. The first-order chi connectivity index (χ1) is 13.9. The number of rotatable bonds is 5. The maximum absolute atomic E-state index is 14.3. The summed E-state index contributed by atoms with van der Waals surface area (Å²) >= 11 is 0. The molecule has 1 N–H and O–H groups in total. The van der Waals surface area contributed by atoms with Crippen LogP contribution in [-0.4, -0.2) is 46.1 Å². The van der Waals surface area contributed by atoms with Crippen molar-refractivity contribution in [3.8, 4) is 0 Å². The van der Waals surface area contributed by atoms with Gasteiger partial charge in [-0.05, 0) is 43.6 Å². The third kappa shape index (κ3) is 3.28. The summed E-state index contributed by atoms with van der Waals surface area (Å²) < 4.78 is 34.1. The van der Waals surface area contributed by atoms with E-state index in [1.54, 1.807) is 37.3 Å². The molecule has 29 heavy (non-hydrogen) atoms. The number of aromatic nitrogens is 2. The predicted octanol–water partition coefficient (Wildman–Crippen LogP) is 3.79. The number of likely N-dealkylation sites (tertiary alicyclic amines) is 1. The number of nitrogens with one attached hydrogen (secondary N) is 1. The van der Waals surface area contributed by atoms with E-state index in [4.69, 9.17) is 4.42 Å². The highest BCUT2D eigenvalue weighted by molar-refractivity contribution is 5.83. The van der Waals surface area contributed by atoms with Crippen LogP contribution in [0.3, 0.4) is 0 Å². The maximum Gasteiger partial charge on any atom is 0.316 e. The average molecular weight is 402 g/mol. The molecule has 0 bridgehead atoms. The van der Waals surface area contributed by atoms with E-state index in [1.807, 2.05) is 4.90 Å². The third-order valence-electron chi connectivity index (χ3n) is 6.72. The van der Waals surface area contributed by atoms with E-state index in [1.165, 1.54) is 12.8 Å². The molecule has 154 valence electrons. The van der Waals surface area contributed by atoms with Gasteiger partial charge in [0.05, 0.1) is 5.92 Å². The average Bonchev–Trinajstić information content (AvgIpc) is 3.53. The Morgan fingerprint density at radius 1 is 1.14 bits per heavy atom. The van der Waals surface area contributed by atoms with Crippen LogP contribution in [0, 0.1) is 5.41 Å². The fraction of sp³-hybridized carbons (Fsp3) is 0.571. The monoisotopic (exact) mass is 402 g/mol. The molecule has 6 nitrogen and oxygen atoms in total. The van der Waals surface area contributed by atoms with Crippen molar-refractivity contribution in [2.45, 2.75) is 56.4 Å². The van der Waals surface area contributed by atoms with E-state index in [9.17, 15) is 13.6 Å². The van der Waals surface area contributed by atoms with Crippen molar-refractivity contribution in [1.29, 1.82) is 0 Å². The number of anilines is 1. The number of benzene rings is 1. The molecule has 2 aliphatic carbocycles. The van der Waals surface area contributed by atoms with Crippen LogP contribution in [0.15, 0.2) is 34.7 Å². The second-order valence-corrected chi connectivity index (χ2v) is 8.68. The zero-order chi connectivity index (χ0) is 20.2. The molecule has 2 aromatic rings. The molecule has 2 heterocycles. The Kier molecular flexibility index (Phi) is 4.15. The number of hydrogen-bond donors (Lipinski definition) is 1. The molecule has 1 aromatic heterocycles. The minimum atomic E-state index is -2.92. The van der Waals surface area contributed by atoms with Gasteiger partial charge in [0.2, 0.25) is 11.8 Å². The van der Waals surface area contributed by atoms with E-state index >= 15 is 0 Å². The molecular weight excluding hydrogens is 378 g/mol. The molecule has 2 saturated carbocycles. The van der Waals surface area contributed by atoms with Crippen LogP contribution in [0.5, 0.6) is 0 Å². The van der Waals surface area contributed by atoms with Crippen molar-refractivity contribution in [3.63, 3.8) is 0 Å². The number of alkyl halides is 2. The van der Waals surface area contributed by atoms with Crippen LogP contribution in [0.4, 0.5) is 14.8 Å². The van der Waals surface area contributed by atoms with E-state index in [0.717, 1.165) is 25.9 Å². The lowest BCUT2D eigenvalue weighted by Gasteiger charge is -2.33. The van der Waals surface area contributed by atoms with Crippen molar-refractivity contribution in [2.75, 3.05) is 18.4 Å². The lowest BCUT2D eigenvalue weighted by Crippen LogP contribution is -2.45. The standard InChI is InChI=1S/C21H24F2N4O2/c1-13(18(28)27-11-9-20(7-8-20)10-12-27)24-19-26-25-17(29-19)16-15(21(16,22)23)14-5-3-2-4-6-14/h2-6,13,15-16H,7-12H2,1H3,(H,24,26)/t13-,15?,16?/m0/s1. The first-order valence-electron chi connectivity index (χ1n) is 10.2. The molecule has 3 aliphatic rings. The normalized spacial score (nSPS) is 27.5. The summed E-state index contributed by atoms with van der Waals surface area (Å²) in [6.45, 7) is 3.27. The first-order valence-corrected chi connectivity index (χ1v) is 10.2. The van der Waals surface area contributed by atoms with Crippen LogP contribution in [-0.2, 0) is 4.79 Å². The Hall–Kier alpha value is -2.51. The molecule has 2 unspecified atom stereocenters. The molecule has 3 atom stereocenters. The number of carbonyl (C=O) groups is 1. The van der Waals surface area contributed by atoms with Gasteiger partial charge in [-0.1, -0.05) is 35.4 Å². The van der Waals surface area contributed by atoms with Crippen molar-refractivity contribution >= 4 is 11.9 Å². The number of halogens is 2. The van der Waals surface area contributed by atoms with Gasteiger partial charge >= 0.3 is 6.01 Å². The van der Waals surface area contributed by atoms with Crippen molar-refractivity contribution in [2.24, 2.45) is 5.41 Å². The zero-order valence-electron chi connectivity index (χ0n) is 16.3. The molecule has 1 spiro atoms. The summed E-state index contributed by atoms with van der Waals surface area (Å²) in [6.07, 6.45) is 4.69. The van der Waals surface area contributed by atoms with Gasteiger partial charge in [0.25, 0.3) is 5.92 Å². The van der Waals surface area contributed by atoms with Gasteiger partial charge in [-0.3, -0.25) is 4.79 Å². The van der Waals surface area contributed by atoms with Gasteiger partial charge in [-0.15, -0.1) is 5.10 Å². The maximum atomic E-state index is 14.3. The predicted molar refractivity (Wildman–Crippen MR) is 102 cm³/mol. The molecule has 0 radical (unpaired) electrons. The Labute approximate surface area is 167 Å². The highest BCUT2D eigenvalue weighted by Crippen LogP contribution is 2.66. The van der Waals surface area contributed by atoms with Crippen LogP contribution < -0.4 is 5.32 Å². The molecule has 1 saturated heterocycles. The molecule has 5 rings (SSSR count). The SMILES string of the molecule is C[C@H](Nc1nnc(C2C(c3ccccc3)C2(F)F)o1)C(=O)N1CCC2(CC1)CC2. The van der Waals surface area contributed by atoms with Gasteiger partial charge in [0.15, 0.2) is 0 Å². The second-order valence-electron chi connectivity index (χ2n) is 8.68. The number of amides is 1. The summed E-state index contributed by atoms with van der Waals surface area (Å²) in [7, 11) is 0. The lowest BCUT2D eigenvalue weighted by atomic mass is 9.93. The number of carbonyl (C=O) groups excluding carboxylic acids is 1. The van der Waals surface area contributed by atoms with Crippen LogP contribution >= 0.6 is 0 Å². The first kappa shape index (κ1) is 18.5. The quantitative estimate of drug-likeness (QED) is 0.824. The smallest absolute Gasteiger partial charge is 0.316 e. The van der Waals surface area contributed by atoms with E-state index < -0.39 is 23.8 Å². The Morgan fingerprint density at radius 3 is 2.48 bits per heavy atom. The van der Waals surface area contributed by atoms with Gasteiger partial charge in [-0.25, -0.2) is 8.78 Å². The molecular formula is C21H24F2N4O2. The van der Waals surface area contributed by atoms with Crippen LogP contribution in [0.2, 0.25) is 0 Å². The number of hydrogen-bond acceptors (Lipinski definition) is 5. The molecule has 1 aromatic carbocycles. The largest absolute Gasteiger partial charge is 0.408 e. The van der Waals surface area contributed by atoms with E-state index in [2.05, 4.69) is 15.5 Å². The fourth-order valence-electron chi connectivity index (χ4n) is 4.53. The van der Waals surface area contributed by atoms with Crippen LogP contribution in [0.25, 0.3) is 0 Å².